The number of aliphatic hydroxyl groups excluding tert-OH is 1. The van der Waals surface area contributed by atoms with E-state index in [0.29, 0.717) is 5.69 Å². The van der Waals surface area contributed by atoms with Gasteiger partial charge in [-0.3, -0.25) is 4.79 Å². The first-order chi connectivity index (χ1) is 6.84. The van der Waals surface area contributed by atoms with Gasteiger partial charge in [0.2, 0.25) is 0 Å². The first-order valence-corrected chi connectivity index (χ1v) is 4.81. The lowest BCUT2D eigenvalue weighted by Gasteiger charge is -2.29. The summed E-state index contributed by atoms with van der Waals surface area (Å²) in [5.41, 5.74) is -0.176. The van der Waals surface area contributed by atoms with E-state index in [1.165, 1.54) is 6.20 Å². The van der Waals surface area contributed by atoms with Gasteiger partial charge in [0.05, 0.1) is 24.2 Å². The van der Waals surface area contributed by atoms with Gasteiger partial charge in [0.25, 0.3) is 5.91 Å². The van der Waals surface area contributed by atoms with Crippen LogP contribution in [-0.2, 0) is 7.05 Å². The first-order valence-electron chi connectivity index (χ1n) is 4.81. The van der Waals surface area contributed by atoms with Gasteiger partial charge >= 0.3 is 0 Å². The minimum absolute atomic E-state index is 0.235. The van der Waals surface area contributed by atoms with Gasteiger partial charge in [0, 0.05) is 7.05 Å². The largest absolute Gasteiger partial charge is 0.391 e. The highest BCUT2D eigenvalue weighted by atomic mass is 16.3. The summed E-state index contributed by atoms with van der Waals surface area (Å²) in [6.07, 6.45) is 2.44. The smallest absolute Gasteiger partial charge is 0.270 e. The van der Waals surface area contributed by atoms with E-state index in [9.17, 15) is 9.90 Å². The number of amides is 1. The van der Waals surface area contributed by atoms with Crippen molar-refractivity contribution in [2.45, 2.75) is 32.4 Å². The summed E-state index contributed by atoms with van der Waals surface area (Å²) >= 11 is 0. The van der Waals surface area contributed by atoms with Crippen LogP contribution in [0.3, 0.4) is 0 Å². The molecule has 5 nitrogen and oxygen atoms in total. The third-order valence-electron chi connectivity index (χ3n) is 2.53. The lowest BCUT2D eigenvalue weighted by Crippen LogP contribution is -2.51. The number of hydrogen-bond acceptors (Lipinski definition) is 3. The molecule has 1 heterocycles. The van der Waals surface area contributed by atoms with Crippen LogP contribution in [0.15, 0.2) is 12.5 Å². The van der Waals surface area contributed by atoms with Crippen molar-refractivity contribution in [3.05, 3.63) is 18.2 Å². The molecule has 0 spiro atoms. The fraction of sp³-hybridized carbons (Fsp3) is 0.600. The molecule has 84 valence electrons. The van der Waals surface area contributed by atoms with Gasteiger partial charge in [-0.25, -0.2) is 4.98 Å². The molecule has 1 rings (SSSR count). The van der Waals surface area contributed by atoms with Crippen molar-refractivity contribution in [2.75, 3.05) is 0 Å². The first kappa shape index (κ1) is 11.7. The maximum atomic E-state index is 11.8. The number of imidazole rings is 1. The number of hydrogen-bond donors (Lipinski definition) is 2. The van der Waals surface area contributed by atoms with Crippen molar-refractivity contribution < 1.29 is 9.90 Å². The molecule has 0 saturated heterocycles. The van der Waals surface area contributed by atoms with Gasteiger partial charge in [-0.1, -0.05) is 0 Å². The Labute approximate surface area is 89.1 Å². The van der Waals surface area contributed by atoms with Gasteiger partial charge in [-0.05, 0) is 20.8 Å². The Morgan fingerprint density at radius 1 is 1.67 bits per heavy atom. The molecule has 0 aliphatic rings. The predicted molar refractivity (Wildman–Crippen MR) is 56.4 cm³/mol. The molecular formula is C10H17N3O2. The molecule has 1 unspecified atom stereocenters. The molecule has 0 aliphatic carbocycles. The number of nitrogens with one attached hydrogen (secondary N) is 1. The van der Waals surface area contributed by atoms with Crippen molar-refractivity contribution in [3.8, 4) is 0 Å². The van der Waals surface area contributed by atoms with Crippen LogP contribution in [-0.4, -0.2) is 32.2 Å². The van der Waals surface area contributed by atoms with E-state index in [-0.39, 0.29) is 5.91 Å². The molecule has 1 aromatic heterocycles. The van der Waals surface area contributed by atoms with E-state index in [2.05, 4.69) is 10.3 Å². The van der Waals surface area contributed by atoms with Crippen molar-refractivity contribution in [1.82, 2.24) is 14.9 Å². The van der Waals surface area contributed by atoms with E-state index in [0.717, 1.165) is 0 Å². The fourth-order valence-electron chi connectivity index (χ4n) is 1.04. The number of nitrogens with zero attached hydrogens (tertiary/aromatic N) is 2. The molecular weight excluding hydrogens is 194 g/mol. The number of rotatable bonds is 3. The van der Waals surface area contributed by atoms with E-state index in [1.54, 1.807) is 38.7 Å². The molecule has 15 heavy (non-hydrogen) atoms. The van der Waals surface area contributed by atoms with E-state index < -0.39 is 11.6 Å². The molecule has 1 amide bonds. The number of carbonyl (C=O) groups is 1. The molecule has 5 heteroatoms. The van der Waals surface area contributed by atoms with E-state index in [1.807, 2.05) is 0 Å². The molecule has 0 aromatic carbocycles. The number of aliphatic hydroxyl groups is 1. The summed E-state index contributed by atoms with van der Waals surface area (Å²) in [5, 5.41) is 12.2. The maximum Gasteiger partial charge on any atom is 0.270 e. The second-order valence-corrected chi connectivity index (χ2v) is 4.24. The van der Waals surface area contributed by atoms with Crippen molar-refractivity contribution >= 4 is 5.91 Å². The van der Waals surface area contributed by atoms with Crippen molar-refractivity contribution in [1.29, 1.82) is 0 Å². The minimum Gasteiger partial charge on any atom is -0.391 e. The van der Waals surface area contributed by atoms with E-state index in [4.69, 9.17) is 0 Å². The highest BCUT2D eigenvalue weighted by Gasteiger charge is 2.27. The Balaban J connectivity index is 2.77. The average Bonchev–Trinajstić information content (AvgIpc) is 2.50. The second-order valence-electron chi connectivity index (χ2n) is 4.24. The normalized spacial score (nSPS) is 13.7. The molecule has 1 aromatic rings. The molecule has 0 aliphatic heterocycles. The van der Waals surface area contributed by atoms with Crippen LogP contribution in [0.1, 0.15) is 31.3 Å². The van der Waals surface area contributed by atoms with Crippen LogP contribution in [0.5, 0.6) is 0 Å². The minimum atomic E-state index is -0.651. The quantitative estimate of drug-likeness (QED) is 0.756. The monoisotopic (exact) mass is 211 g/mol. The lowest BCUT2D eigenvalue weighted by molar-refractivity contribution is 0.0703. The highest BCUT2D eigenvalue weighted by Crippen LogP contribution is 2.09. The molecule has 0 saturated carbocycles. The average molecular weight is 211 g/mol. The Bertz CT molecular complexity index is 355. The Morgan fingerprint density at radius 3 is 2.67 bits per heavy atom. The third-order valence-corrected chi connectivity index (χ3v) is 2.53. The van der Waals surface area contributed by atoms with Gasteiger partial charge in [-0.2, -0.15) is 0 Å². The zero-order valence-electron chi connectivity index (χ0n) is 9.48. The SMILES string of the molecule is CC(O)C(C)(C)NC(=O)c1cncn1C. The topological polar surface area (TPSA) is 67.2 Å². The summed E-state index contributed by atoms with van der Waals surface area (Å²) in [6, 6.07) is 0. The number of carbonyl (C=O) groups excluding carboxylic acids is 1. The van der Waals surface area contributed by atoms with Crippen molar-refractivity contribution in [3.63, 3.8) is 0 Å². The summed E-state index contributed by atoms with van der Waals surface area (Å²) < 4.78 is 1.63. The van der Waals surface area contributed by atoms with Crippen LogP contribution in [0.2, 0.25) is 0 Å². The van der Waals surface area contributed by atoms with Crippen LogP contribution in [0.4, 0.5) is 0 Å². The Kier molecular flexibility index (Phi) is 3.14. The predicted octanol–water partition coefficient (Wildman–Crippen LogP) is 0.309. The standard InChI is InChI=1S/C10H17N3O2/c1-7(14)10(2,3)12-9(15)8-5-11-6-13(8)4/h5-7,14H,1-4H3,(H,12,15). The Morgan fingerprint density at radius 2 is 2.27 bits per heavy atom. The third kappa shape index (κ3) is 2.56. The molecule has 0 radical (unpaired) electrons. The fourth-order valence-corrected chi connectivity index (χ4v) is 1.04. The maximum absolute atomic E-state index is 11.8. The molecule has 0 bridgehead atoms. The highest BCUT2D eigenvalue weighted by molar-refractivity contribution is 5.92. The van der Waals surface area contributed by atoms with Crippen LogP contribution in [0, 0.1) is 0 Å². The molecule has 2 N–H and O–H groups in total. The summed E-state index contributed by atoms with van der Waals surface area (Å²) in [4.78, 5) is 15.6. The van der Waals surface area contributed by atoms with Gasteiger partial charge in [-0.15, -0.1) is 0 Å². The van der Waals surface area contributed by atoms with Gasteiger partial charge in [0.15, 0.2) is 0 Å². The summed E-state index contributed by atoms with van der Waals surface area (Å²) in [5.74, 6) is -0.235. The number of aryl methyl sites for hydroxylation is 1. The zero-order chi connectivity index (χ0) is 11.6. The zero-order valence-corrected chi connectivity index (χ0v) is 9.48. The molecule has 0 fully saturated rings. The van der Waals surface area contributed by atoms with Crippen LogP contribution in [0.25, 0.3) is 0 Å². The van der Waals surface area contributed by atoms with Gasteiger partial charge < -0.3 is 15.0 Å². The van der Waals surface area contributed by atoms with Crippen LogP contribution >= 0.6 is 0 Å². The Hall–Kier alpha value is -1.36. The second kappa shape index (κ2) is 4.02. The summed E-state index contributed by atoms with van der Waals surface area (Å²) in [7, 11) is 1.75. The van der Waals surface area contributed by atoms with Crippen molar-refractivity contribution in [2.24, 2.45) is 7.05 Å². The van der Waals surface area contributed by atoms with E-state index >= 15 is 0 Å². The molecule has 1 atom stereocenters. The number of aromatic nitrogens is 2. The van der Waals surface area contributed by atoms with Gasteiger partial charge in [0.1, 0.15) is 5.69 Å². The van der Waals surface area contributed by atoms with Crippen LogP contribution < -0.4 is 5.32 Å². The summed E-state index contributed by atoms with van der Waals surface area (Å²) in [6.45, 7) is 5.18. The lowest BCUT2D eigenvalue weighted by atomic mass is 9.99.